The van der Waals surface area contributed by atoms with E-state index in [9.17, 15) is 9.90 Å². The van der Waals surface area contributed by atoms with Crippen molar-refractivity contribution in [2.75, 3.05) is 0 Å². The van der Waals surface area contributed by atoms with Crippen LogP contribution in [0.2, 0.25) is 0 Å². The van der Waals surface area contributed by atoms with Gasteiger partial charge in [0, 0.05) is 5.39 Å². The molecule has 0 radical (unpaired) electrons. The van der Waals surface area contributed by atoms with Crippen molar-refractivity contribution in [3.8, 4) is 5.75 Å². The van der Waals surface area contributed by atoms with Gasteiger partial charge >= 0.3 is 0 Å². The molecule has 3 aromatic rings. The maximum Gasteiger partial charge on any atom is 0.154 e. The van der Waals surface area contributed by atoms with Gasteiger partial charge in [-0.25, -0.2) is 0 Å². The molecule has 0 bridgehead atoms. The van der Waals surface area contributed by atoms with Crippen LogP contribution in [0.1, 0.15) is 10.4 Å². The third-order valence-electron chi connectivity index (χ3n) is 3.06. The smallest absolute Gasteiger partial charge is 0.154 e. The average molecular weight is 222 g/mol. The van der Waals surface area contributed by atoms with Crippen LogP contribution in [-0.4, -0.2) is 11.4 Å². The number of carbonyl (C=O) groups is 1. The first-order valence-corrected chi connectivity index (χ1v) is 5.40. The van der Waals surface area contributed by atoms with Crippen molar-refractivity contribution >= 4 is 27.8 Å². The molecule has 0 spiro atoms. The van der Waals surface area contributed by atoms with E-state index in [-0.39, 0.29) is 5.75 Å². The number of hydrogen-bond acceptors (Lipinski definition) is 2. The van der Waals surface area contributed by atoms with Crippen LogP contribution < -0.4 is 0 Å². The Bertz CT molecular complexity index is 729. The Labute approximate surface area is 98.1 Å². The molecule has 0 aliphatic heterocycles. The van der Waals surface area contributed by atoms with Gasteiger partial charge in [0.25, 0.3) is 0 Å². The van der Waals surface area contributed by atoms with Crippen LogP contribution in [0.3, 0.4) is 0 Å². The van der Waals surface area contributed by atoms with Gasteiger partial charge in [-0.1, -0.05) is 48.5 Å². The van der Waals surface area contributed by atoms with Crippen LogP contribution >= 0.6 is 0 Å². The van der Waals surface area contributed by atoms with Crippen molar-refractivity contribution in [3.05, 3.63) is 54.1 Å². The van der Waals surface area contributed by atoms with E-state index >= 15 is 0 Å². The van der Waals surface area contributed by atoms with E-state index in [0.717, 1.165) is 16.2 Å². The Morgan fingerprint density at radius 2 is 1.24 bits per heavy atom. The van der Waals surface area contributed by atoms with Crippen molar-refractivity contribution in [3.63, 3.8) is 0 Å². The summed E-state index contributed by atoms with van der Waals surface area (Å²) in [5, 5.41) is 13.6. The molecule has 0 aliphatic carbocycles. The van der Waals surface area contributed by atoms with Crippen LogP contribution in [0.5, 0.6) is 5.75 Å². The summed E-state index contributed by atoms with van der Waals surface area (Å²) in [6.45, 7) is 0. The zero-order chi connectivity index (χ0) is 11.8. The molecule has 0 saturated carbocycles. The summed E-state index contributed by atoms with van der Waals surface area (Å²) in [6.07, 6.45) is 0.712. The molecule has 3 rings (SSSR count). The minimum absolute atomic E-state index is 0.0642. The molecular formula is C15H10O2. The van der Waals surface area contributed by atoms with Crippen molar-refractivity contribution in [1.82, 2.24) is 0 Å². The summed E-state index contributed by atoms with van der Waals surface area (Å²) >= 11 is 0. The Morgan fingerprint density at radius 3 is 1.82 bits per heavy atom. The lowest BCUT2D eigenvalue weighted by Gasteiger charge is -2.09. The lowest BCUT2D eigenvalue weighted by Crippen LogP contribution is -1.87. The van der Waals surface area contributed by atoms with Gasteiger partial charge < -0.3 is 5.11 Å². The van der Waals surface area contributed by atoms with E-state index in [4.69, 9.17) is 0 Å². The zero-order valence-electron chi connectivity index (χ0n) is 9.05. The standard InChI is InChI=1S/C15H10O2/c16-9-14-12-7-2-1-5-10(12)11-6-3-4-8-13(11)15(14)17/h1-9,17H. The van der Waals surface area contributed by atoms with E-state index < -0.39 is 0 Å². The summed E-state index contributed by atoms with van der Waals surface area (Å²) in [5.41, 5.74) is 0.360. The number of fused-ring (bicyclic) bond motifs is 3. The van der Waals surface area contributed by atoms with Crippen LogP contribution in [0.4, 0.5) is 0 Å². The largest absolute Gasteiger partial charge is 0.507 e. The highest BCUT2D eigenvalue weighted by Crippen LogP contribution is 2.35. The molecule has 2 heteroatoms. The minimum Gasteiger partial charge on any atom is -0.507 e. The van der Waals surface area contributed by atoms with E-state index in [1.165, 1.54) is 0 Å². The van der Waals surface area contributed by atoms with Gasteiger partial charge in [-0.2, -0.15) is 0 Å². The van der Waals surface area contributed by atoms with Gasteiger partial charge in [-0.05, 0) is 16.2 Å². The number of rotatable bonds is 1. The van der Waals surface area contributed by atoms with Gasteiger partial charge in [0.15, 0.2) is 6.29 Å². The first kappa shape index (κ1) is 9.85. The molecule has 1 N–H and O–H groups in total. The number of aldehydes is 1. The Morgan fingerprint density at radius 1 is 0.765 bits per heavy atom. The van der Waals surface area contributed by atoms with E-state index in [2.05, 4.69) is 0 Å². The molecule has 0 fully saturated rings. The molecule has 3 aromatic carbocycles. The third-order valence-corrected chi connectivity index (χ3v) is 3.06. The van der Waals surface area contributed by atoms with E-state index in [1.54, 1.807) is 0 Å². The highest BCUT2D eigenvalue weighted by atomic mass is 16.3. The highest BCUT2D eigenvalue weighted by Gasteiger charge is 2.11. The molecular weight excluding hydrogens is 212 g/mol. The van der Waals surface area contributed by atoms with Crippen molar-refractivity contribution in [2.24, 2.45) is 0 Å². The number of hydrogen-bond donors (Lipinski definition) is 1. The second kappa shape index (κ2) is 3.59. The first-order valence-electron chi connectivity index (χ1n) is 5.40. The fourth-order valence-corrected chi connectivity index (χ4v) is 2.27. The molecule has 0 aromatic heterocycles. The van der Waals surface area contributed by atoms with Crippen LogP contribution in [0.25, 0.3) is 21.5 Å². The summed E-state index contributed by atoms with van der Waals surface area (Å²) in [5.74, 6) is 0.0642. The van der Waals surface area contributed by atoms with Gasteiger partial charge in [0.1, 0.15) is 5.75 Å². The number of phenolic OH excluding ortho intramolecular Hbond substituents is 1. The lowest BCUT2D eigenvalue weighted by molar-refractivity contribution is 0.112. The number of benzene rings is 3. The lowest BCUT2D eigenvalue weighted by atomic mass is 9.97. The Hall–Kier alpha value is -2.35. The molecule has 0 amide bonds. The van der Waals surface area contributed by atoms with Crippen LogP contribution in [0.15, 0.2) is 48.5 Å². The molecule has 0 heterocycles. The predicted molar refractivity (Wildman–Crippen MR) is 68.5 cm³/mol. The maximum atomic E-state index is 11.1. The zero-order valence-corrected chi connectivity index (χ0v) is 9.05. The normalized spacial score (nSPS) is 10.8. The van der Waals surface area contributed by atoms with Crippen molar-refractivity contribution in [2.45, 2.75) is 0 Å². The Kier molecular flexibility index (Phi) is 2.08. The van der Waals surface area contributed by atoms with E-state index in [1.807, 2.05) is 48.5 Å². The van der Waals surface area contributed by atoms with Gasteiger partial charge in [-0.3, -0.25) is 4.79 Å². The molecule has 17 heavy (non-hydrogen) atoms. The predicted octanol–water partition coefficient (Wildman–Crippen LogP) is 3.51. The molecule has 0 aliphatic rings. The summed E-state index contributed by atoms with van der Waals surface area (Å²) < 4.78 is 0. The molecule has 0 unspecified atom stereocenters. The Balaban J connectivity index is 2.68. The van der Waals surface area contributed by atoms with Crippen LogP contribution in [0, 0.1) is 0 Å². The quantitative estimate of drug-likeness (QED) is 0.505. The number of phenols is 1. The number of aromatic hydroxyl groups is 1. The van der Waals surface area contributed by atoms with Gasteiger partial charge in [-0.15, -0.1) is 0 Å². The van der Waals surface area contributed by atoms with Crippen molar-refractivity contribution in [1.29, 1.82) is 0 Å². The van der Waals surface area contributed by atoms with E-state index in [0.29, 0.717) is 17.2 Å². The average Bonchev–Trinajstić information content (AvgIpc) is 2.40. The maximum absolute atomic E-state index is 11.1. The van der Waals surface area contributed by atoms with Gasteiger partial charge in [0.05, 0.1) is 5.56 Å². The molecule has 0 atom stereocenters. The summed E-state index contributed by atoms with van der Waals surface area (Å²) in [7, 11) is 0. The summed E-state index contributed by atoms with van der Waals surface area (Å²) in [6, 6.07) is 15.2. The number of carbonyl (C=O) groups excluding carboxylic acids is 1. The second-order valence-corrected chi connectivity index (χ2v) is 3.97. The van der Waals surface area contributed by atoms with Crippen LogP contribution in [-0.2, 0) is 0 Å². The third kappa shape index (κ3) is 1.31. The fraction of sp³-hybridized carbons (Fsp3) is 0. The van der Waals surface area contributed by atoms with Gasteiger partial charge in [0.2, 0.25) is 0 Å². The SMILES string of the molecule is O=Cc1c(O)c2ccccc2c2ccccc12. The topological polar surface area (TPSA) is 37.3 Å². The highest BCUT2D eigenvalue weighted by molar-refractivity contribution is 6.16. The first-order chi connectivity index (χ1) is 8.33. The summed E-state index contributed by atoms with van der Waals surface area (Å²) in [4.78, 5) is 11.1. The van der Waals surface area contributed by atoms with Crippen molar-refractivity contribution < 1.29 is 9.90 Å². The molecule has 2 nitrogen and oxygen atoms in total. The monoisotopic (exact) mass is 222 g/mol. The minimum atomic E-state index is 0.0642. The fourth-order valence-electron chi connectivity index (χ4n) is 2.27. The molecule has 82 valence electrons. The second-order valence-electron chi connectivity index (χ2n) is 3.97. The molecule has 0 saturated heterocycles.